The summed E-state index contributed by atoms with van der Waals surface area (Å²) in [6, 6.07) is 4.65. The summed E-state index contributed by atoms with van der Waals surface area (Å²) in [5, 5.41) is 10.5. The molecule has 0 amide bonds. The van der Waals surface area contributed by atoms with Gasteiger partial charge in [0.25, 0.3) is 0 Å². The average Bonchev–Trinajstić information content (AvgIpc) is 2.99. The Morgan fingerprint density at radius 1 is 0.884 bits per heavy atom. The van der Waals surface area contributed by atoms with Crippen LogP contribution >= 0.6 is 0 Å². The molecule has 0 saturated heterocycles. The number of ether oxygens (including phenoxy) is 2. The standard InChI is InChI=1S/C35H62N4O2.C2H2/c1-5-6-9-14-29-26-32(34-30-25-28(2)15-16-31(30)35(3,4)41-33(34)27-29)40-24-11-8-7-10-18-37-20-13-21-39-23-22-38-19-12-17-36;1-2/h25-27,30-31,37-39H,5-24,36H2,1-4H3;1-2H/t30?,31-;/m1./s1. The highest BCUT2D eigenvalue weighted by molar-refractivity contribution is 5.54. The van der Waals surface area contributed by atoms with Crippen LogP contribution in [0.15, 0.2) is 23.8 Å². The summed E-state index contributed by atoms with van der Waals surface area (Å²) < 4.78 is 13.3. The van der Waals surface area contributed by atoms with Gasteiger partial charge in [0, 0.05) is 30.5 Å². The third kappa shape index (κ3) is 13.2. The van der Waals surface area contributed by atoms with E-state index in [1.807, 2.05) is 0 Å². The Hall–Kier alpha value is -2.04. The number of rotatable bonds is 22. The molecule has 1 unspecified atom stereocenters. The van der Waals surface area contributed by atoms with Crippen LogP contribution in [-0.2, 0) is 6.42 Å². The molecule has 6 nitrogen and oxygen atoms in total. The number of hydrogen-bond donors (Lipinski definition) is 4. The molecule has 6 heteroatoms. The predicted molar refractivity (Wildman–Crippen MR) is 184 cm³/mol. The predicted octanol–water partition coefficient (Wildman–Crippen LogP) is 6.73. The van der Waals surface area contributed by atoms with Gasteiger partial charge in [-0.15, -0.1) is 12.8 Å². The highest BCUT2D eigenvalue weighted by Crippen LogP contribution is 2.53. The Bertz CT molecular complexity index is 942. The number of nitrogens with two attached hydrogens (primary N) is 1. The molecule has 0 radical (unpaired) electrons. The topological polar surface area (TPSA) is 80.6 Å². The molecule has 5 N–H and O–H groups in total. The average molecular weight is 597 g/mol. The molecule has 1 aliphatic carbocycles. The van der Waals surface area contributed by atoms with Crippen molar-refractivity contribution in [3.63, 3.8) is 0 Å². The fourth-order valence-corrected chi connectivity index (χ4v) is 6.41. The van der Waals surface area contributed by atoms with Crippen LogP contribution in [0.2, 0.25) is 0 Å². The summed E-state index contributed by atoms with van der Waals surface area (Å²) in [4.78, 5) is 0. The number of nitrogens with one attached hydrogen (secondary N) is 3. The molecular formula is C37H64N4O2. The third-order valence-electron chi connectivity index (χ3n) is 8.83. The quantitative estimate of drug-likeness (QED) is 0.0676. The Morgan fingerprint density at radius 2 is 1.56 bits per heavy atom. The second kappa shape index (κ2) is 21.6. The Kier molecular flexibility index (Phi) is 18.7. The van der Waals surface area contributed by atoms with Gasteiger partial charge in [0.05, 0.1) is 6.61 Å². The molecule has 0 bridgehead atoms. The summed E-state index contributed by atoms with van der Waals surface area (Å²) in [6.07, 6.45) is 24.7. The Labute approximate surface area is 264 Å². The lowest BCUT2D eigenvalue weighted by atomic mass is 9.68. The molecule has 3 rings (SSSR count). The molecule has 1 aromatic rings. The largest absolute Gasteiger partial charge is 0.493 e. The molecule has 0 saturated carbocycles. The number of hydrogen-bond acceptors (Lipinski definition) is 6. The molecule has 2 aliphatic rings. The fourth-order valence-electron chi connectivity index (χ4n) is 6.41. The van der Waals surface area contributed by atoms with E-state index in [1.54, 1.807) is 0 Å². The molecule has 244 valence electrons. The fraction of sp³-hybridized carbons (Fsp3) is 0.730. The third-order valence-corrected chi connectivity index (χ3v) is 8.83. The van der Waals surface area contributed by atoms with Crippen LogP contribution in [0.25, 0.3) is 0 Å². The molecular weight excluding hydrogens is 532 g/mol. The van der Waals surface area contributed by atoms with Gasteiger partial charge in [0.1, 0.15) is 17.1 Å². The second-order valence-corrected chi connectivity index (χ2v) is 12.9. The molecule has 0 fully saturated rings. The molecule has 1 aliphatic heterocycles. The van der Waals surface area contributed by atoms with Crippen LogP contribution in [0.1, 0.15) is 115 Å². The van der Waals surface area contributed by atoms with Gasteiger partial charge in [0.2, 0.25) is 0 Å². The molecule has 0 spiro atoms. The van der Waals surface area contributed by atoms with Crippen LogP contribution in [0, 0.1) is 18.8 Å². The minimum atomic E-state index is -0.152. The number of fused-ring (bicyclic) bond motifs is 3. The lowest BCUT2D eigenvalue weighted by molar-refractivity contribution is 0.0104. The highest BCUT2D eigenvalue weighted by atomic mass is 16.5. The van der Waals surface area contributed by atoms with Crippen molar-refractivity contribution in [1.82, 2.24) is 16.0 Å². The van der Waals surface area contributed by atoms with E-state index in [9.17, 15) is 0 Å². The zero-order valence-corrected chi connectivity index (χ0v) is 28.1. The smallest absolute Gasteiger partial charge is 0.127 e. The Morgan fingerprint density at radius 3 is 2.28 bits per heavy atom. The van der Waals surface area contributed by atoms with E-state index in [0.717, 1.165) is 83.2 Å². The first-order valence-corrected chi connectivity index (χ1v) is 17.3. The van der Waals surface area contributed by atoms with E-state index in [4.69, 9.17) is 15.2 Å². The maximum atomic E-state index is 6.72. The normalized spacial score (nSPS) is 18.4. The summed E-state index contributed by atoms with van der Waals surface area (Å²) in [5.74, 6) is 3.03. The first-order valence-electron chi connectivity index (χ1n) is 17.3. The lowest BCUT2D eigenvalue weighted by Gasteiger charge is -2.46. The minimum Gasteiger partial charge on any atom is -0.493 e. The zero-order chi connectivity index (χ0) is 31.3. The first kappa shape index (κ1) is 37.1. The first-order chi connectivity index (χ1) is 21.0. The molecule has 2 atom stereocenters. The van der Waals surface area contributed by atoms with Crippen molar-refractivity contribution in [3.8, 4) is 24.3 Å². The maximum Gasteiger partial charge on any atom is 0.127 e. The monoisotopic (exact) mass is 597 g/mol. The van der Waals surface area contributed by atoms with E-state index in [0.29, 0.717) is 11.8 Å². The van der Waals surface area contributed by atoms with Gasteiger partial charge < -0.3 is 31.2 Å². The SMILES string of the molecule is C#C.CCCCCc1cc(OCCCCCCNCCCNCCNCCCN)c2c(c1)OC(C)(C)[C@@H]1CCC(C)=CC21. The van der Waals surface area contributed by atoms with E-state index in [2.05, 4.69) is 74.7 Å². The van der Waals surface area contributed by atoms with Crippen LogP contribution in [0.4, 0.5) is 0 Å². The van der Waals surface area contributed by atoms with Gasteiger partial charge in [0.15, 0.2) is 0 Å². The van der Waals surface area contributed by atoms with Crippen molar-refractivity contribution < 1.29 is 9.47 Å². The van der Waals surface area contributed by atoms with Gasteiger partial charge in [-0.3, -0.25) is 0 Å². The summed E-state index contributed by atoms with van der Waals surface area (Å²) in [6.45, 7) is 17.0. The van der Waals surface area contributed by atoms with Crippen LogP contribution in [0.5, 0.6) is 11.5 Å². The van der Waals surface area contributed by atoms with Crippen molar-refractivity contribution >= 4 is 0 Å². The van der Waals surface area contributed by atoms with Gasteiger partial charge in [-0.05, 0) is 123 Å². The van der Waals surface area contributed by atoms with E-state index >= 15 is 0 Å². The van der Waals surface area contributed by atoms with Crippen molar-refractivity contribution in [3.05, 3.63) is 34.9 Å². The number of allylic oxidation sites excluding steroid dienone is 2. The summed E-state index contributed by atoms with van der Waals surface area (Å²) in [5.41, 5.74) is 9.52. The van der Waals surface area contributed by atoms with E-state index in [-0.39, 0.29) is 5.60 Å². The number of benzene rings is 1. The second-order valence-electron chi connectivity index (χ2n) is 12.9. The lowest BCUT2D eigenvalue weighted by Crippen LogP contribution is -2.45. The van der Waals surface area contributed by atoms with Crippen molar-refractivity contribution in [1.29, 1.82) is 0 Å². The number of aryl methyl sites for hydroxylation is 1. The highest BCUT2D eigenvalue weighted by Gasteiger charge is 2.45. The van der Waals surface area contributed by atoms with Crippen LogP contribution < -0.4 is 31.2 Å². The van der Waals surface area contributed by atoms with Crippen LogP contribution in [0.3, 0.4) is 0 Å². The number of unbranched alkanes of at least 4 members (excludes halogenated alkanes) is 5. The van der Waals surface area contributed by atoms with Crippen molar-refractivity contribution in [2.75, 3.05) is 52.4 Å². The minimum absolute atomic E-state index is 0.152. The van der Waals surface area contributed by atoms with Crippen LogP contribution in [-0.4, -0.2) is 58.0 Å². The molecule has 1 heterocycles. The Balaban J connectivity index is 0.00000316. The summed E-state index contributed by atoms with van der Waals surface area (Å²) in [7, 11) is 0. The van der Waals surface area contributed by atoms with Crippen molar-refractivity contribution in [2.45, 2.75) is 116 Å². The zero-order valence-electron chi connectivity index (χ0n) is 28.1. The molecule has 43 heavy (non-hydrogen) atoms. The van der Waals surface area contributed by atoms with Gasteiger partial charge in [-0.1, -0.05) is 44.3 Å². The number of terminal acetylenes is 1. The molecule has 0 aromatic heterocycles. The van der Waals surface area contributed by atoms with Gasteiger partial charge in [-0.2, -0.15) is 0 Å². The van der Waals surface area contributed by atoms with E-state index < -0.39 is 0 Å². The maximum absolute atomic E-state index is 6.72. The molecule has 1 aromatic carbocycles. The van der Waals surface area contributed by atoms with Crippen molar-refractivity contribution in [2.24, 2.45) is 11.7 Å². The van der Waals surface area contributed by atoms with Gasteiger partial charge >= 0.3 is 0 Å². The summed E-state index contributed by atoms with van der Waals surface area (Å²) >= 11 is 0. The van der Waals surface area contributed by atoms with E-state index in [1.165, 1.54) is 74.5 Å². The van der Waals surface area contributed by atoms with Gasteiger partial charge in [-0.25, -0.2) is 0 Å².